The zero-order valence-corrected chi connectivity index (χ0v) is 10.1. The predicted molar refractivity (Wildman–Crippen MR) is 55.5 cm³/mol. The molecule has 1 aromatic rings. The summed E-state index contributed by atoms with van der Waals surface area (Å²) in [5, 5.41) is 12.5. The number of halogens is 3. The van der Waals surface area contributed by atoms with Crippen molar-refractivity contribution in [2.24, 2.45) is 12.5 Å². The van der Waals surface area contributed by atoms with Gasteiger partial charge < -0.3 is 9.84 Å². The van der Waals surface area contributed by atoms with Crippen LogP contribution in [0.2, 0.25) is 0 Å². The van der Waals surface area contributed by atoms with Gasteiger partial charge in [-0.1, -0.05) is 0 Å². The Morgan fingerprint density at radius 2 is 2.06 bits per heavy atom. The topological polar surface area (TPSA) is 64.4 Å². The molecule has 0 fully saturated rings. The Morgan fingerprint density at radius 1 is 1.50 bits per heavy atom. The number of carbonyl (C=O) groups is 1. The van der Waals surface area contributed by atoms with Crippen LogP contribution in [0, 0.1) is 5.41 Å². The van der Waals surface area contributed by atoms with Crippen molar-refractivity contribution < 1.29 is 27.8 Å². The molecule has 0 aliphatic rings. The number of carboxylic acids is 1. The van der Waals surface area contributed by atoms with Gasteiger partial charge in [0, 0.05) is 13.2 Å². The van der Waals surface area contributed by atoms with Gasteiger partial charge in [-0.25, -0.2) is 4.79 Å². The van der Waals surface area contributed by atoms with Gasteiger partial charge in [-0.2, -0.15) is 13.2 Å². The molecule has 0 bridgehead atoms. The lowest BCUT2D eigenvalue weighted by Crippen LogP contribution is -2.37. The molecule has 1 heterocycles. The van der Waals surface area contributed by atoms with Gasteiger partial charge >= 0.3 is 12.1 Å². The standard InChI is InChI=1S/C10H13F3N2O3/c1-9(2,10(11,12)13)5-18-7-6(8(16)17)4-15(3)14-7/h4H,5H2,1-3H3,(H,16,17). The molecular formula is C10H13F3N2O3. The largest absolute Gasteiger partial charge is 0.477 e. The summed E-state index contributed by atoms with van der Waals surface area (Å²) < 4.78 is 43.8. The summed E-state index contributed by atoms with van der Waals surface area (Å²) in [5.74, 6) is -1.62. The molecule has 0 unspecified atom stereocenters. The van der Waals surface area contributed by atoms with Gasteiger partial charge in [-0.05, 0) is 13.8 Å². The van der Waals surface area contributed by atoms with Crippen molar-refractivity contribution in [2.45, 2.75) is 20.0 Å². The van der Waals surface area contributed by atoms with E-state index in [1.54, 1.807) is 0 Å². The fourth-order valence-electron chi connectivity index (χ4n) is 1.05. The zero-order valence-electron chi connectivity index (χ0n) is 10.1. The summed E-state index contributed by atoms with van der Waals surface area (Å²) in [6.45, 7) is 1.24. The number of aromatic carboxylic acids is 1. The Labute approximate surface area is 101 Å². The van der Waals surface area contributed by atoms with E-state index >= 15 is 0 Å². The molecule has 0 atom stereocenters. The molecule has 8 heteroatoms. The minimum atomic E-state index is -4.44. The molecule has 5 nitrogen and oxygen atoms in total. The van der Waals surface area contributed by atoms with Crippen molar-refractivity contribution in [3.63, 3.8) is 0 Å². The molecule has 1 rings (SSSR count). The highest BCUT2D eigenvalue weighted by Crippen LogP contribution is 2.37. The smallest absolute Gasteiger partial charge is 0.397 e. The number of aromatic nitrogens is 2. The van der Waals surface area contributed by atoms with E-state index in [1.165, 1.54) is 11.7 Å². The molecule has 0 saturated heterocycles. The fourth-order valence-corrected chi connectivity index (χ4v) is 1.05. The van der Waals surface area contributed by atoms with Gasteiger partial charge in [-0.3, -0.25) is 4.68 Å². The van der Waals surface area contributed by atoms with E-state index in [9.17, 15) is 18.0 Å². The fraction of sp³-hybridized carbons (Fsp3) is 0.600. The molecule has 1 aromatic heterocycles. The molecule has 0 aromatic carbocycles. The van der Waals surface area contributed by atoms with Gasteiger partial charge in [0.05, 0.1) is 5.41 Å². The summed E-state index contributed by atoms with van der Waals surface area (Å²) >= 11 is 0. The summed E-state index contributed by atoms with van der Waals surface area (Å²) in [7, 11) is 1.45. The van der Waals surface area contributed by atoms with Gasteiger partial charge in [0.1, 0.15) is 12.2 Å². The quantitative estimate of drug-likeness (QED) is 0.906. The predicted octanol–water partition coefficient (Wildman–Crippen LogP) is 2.09. The minimum Gasteiger partial charge on any atom is -0.477 e. The Kier molecular flexibility index (Phi) is 3.59. The Balaban J connectivity index is 2.84. The average Bonchev–Trinajstić information content (AvgIpc) is 2.55. The van der Waals surface area contributed by atoms with Crippen LogP contribution in [0.4, 0.5) is 13.2 Å². The Morgan fingerprint density at radius 3 is 2.50 bits per heavy atom. The van der Waals surface area contributed by atoms with E-state index in [-0.39, 0.29) is 11.4 Å². The first-order chi connectivity index (χ1) is 8.04. The molecule has 102 valence electrons. The second-order valence-corrected chi connectivity index (χ2v) is 4.50. The summed E-state index contributed by atoms with van der Waals surface area (Å²) in [6.07, 6.45) is -3.27. The molecule has 0 radical (unpaired) electrons. The number of ether oxygens (including phenoxy) is 1. The monoisotopic (exact) mass is 266 g/mol. The average molecular weight is 266 g/mol. The van der Waals surface area contributed by atoms with Crippen LogP contribution in [-0.4, -0.2) is 33.6 Å². The molecule has 1 N–H and O–H groups in total. The molecular weight excluding hydrogens is 253 g/mol. The van der Waals surface area contributed by atoms with Crippen molar-refractivity contribution in [3.05, 3.63) is 11.8 Å². The third kappa shape index (κ3) is 2.93. The highest BCUT2D eigenvalue weighted by atomic mass is 19.4. The lowest BCUT2D eigenvalue weighted by atomic mass is 9.94. The maximum absolute atomic E-state index is 12.6. The second-order valence-electron chi connectivity index (χ2n) is 4.50. The van der Waals surface area contributed by atoms with E-state index in [0.717, 1.165) is 20.0 Å². The van der Waals surface area contributed by atoms with E-state index < -0.39 is 24.2 Å². The number of alkyl halides is 3. The van der Waals surface area contributed by atoms with Crippen LogP contribution in [-0.2, 0) is 7.05 Å². The maximum atomic E-state index is 12.6. The summed E-state index contributed by atoms with van der Waals surface area (Å²) in [5.41, 5.74) is -2.35. The molecule has 18 heavy (non-hydrogen) atoms. The lowest BCUT2D eigenvalue weighted by Gasteiger charge is -2.26. The van der Waals surface area contributed by atoms with Crippen LogP contribution in [0.1, 0.15) is 24.2 Å². The van der Waals surface area contributed by atoms with Gasteiger partial charge in [0.25, 0.3) is 0 Å². The summed E-state index contributed by atoms with van der Waals surface area (Å²) in [4.78, 5) is 10.8. The van der Waals surface area contributed by atoms with Crippen LogP contribution >= 0.6 is 0 Å². The molecule has 0 aliphatic carbocycles. The summed E-state index contributed by atoms with van der Waals surface area (Å²) in [6, 6.07) is 0. The first-order valence-electron chi connectivity index (χ1n) is 5.01. The SMILES string of the molecule is Cn1cc(C(=O)O)c(OCC(C)(C)C(F)(F)F)n1. The van der Waals surface area contributed by atoms with Crippen molar-refractivity contribution in [2.75, 3.05) is 6.61 Å². The molecule has 0 saturated carbocycles. The third-order valence-corrected chi connectivity index (χ3v) is 2.36. The molecule has 0 amide bonds. The normalized spacial score (nSPS) is 12.6. The van der Waals surface area contributed by atoms with Crippen molar-refractivity contribution in [1.29, 1.82) is 0 Å². The van der Waals surface area contributed by atoms with E-state index in [0.29, 0.717) is 0 Å². The van der Waals surface area contributed by atoms with Crippen LogP contribution in [0.3, 0.4) is 0 Å². The van der Waals surface area contributed by atoms with Crippen molar-refractivity contribution >= 4 is 5.97 Å². The van der Waals surface area contributed by atoms with Crippen LogP contribution in [0.15, 0.2) is 6.20 Å². The van der Waals surface area contributed by atoms with E-state index in [2.05, 4.69) is 5.10 Å². The first-order valence-corrected chi connectivity index (χ1v) is 5.01. The van der Waals surface area contributed by atoms with Crippen LogP contribution in [0.25, 0.3) is 0 Å². The third-order valence-electron chi connectivity index (χ3n) is 2.36. The first kappa shape index (κ1) is 14.3. The van der Waals surface area contributed by atoms with E-state index in [4.69, 9.17) is 9.84 Å². The zero-order chi connectivity index (χ0) is 14.1. The van der Waals surface area contributed by atoms with Crippen LogP contribution in [0.5, 0.6) is 5.88 Å². The number of carboxylic acid groups (broad SMARTS) is 1. The molecule has 0 spiro atoms. The number of aryl methyl sites for hydroxylation is 1. The van der Waals surface area contributed by atoms with E-state index in [1.807, 2.05) is 0 Å². The van der Waals surface area contributed by atoms with Gasteiger partial charge in [0.15, 0.2) is 0 Å². The Hall–Kier alpha value is -1.73. The number of rotatable bonds is 4. The number of nitrogens with zero attached hydrogens (tertiary/aromatic N) is 2. The minimum absolute atomic E-state index is 0.268. The van der Waals surface area contributed by atoms with Gasteiger partial charge in [-0.15, -0.1) is 5.10 Å². The highest BCUT2D eigenvalue weighted by molar-refractivity contribution is 5.89. The van der Waals surface area contributed by atoms with Crippen molar-refractivity contribution in [3.8, 4) is 5.88 Å². The van der Waals surface area contributed by atoms with Crippen molar-refractivity contribution in [1.82, 2.24) is 9.78 Å². The number of hydrogen-bond donors (Lipinski definition) is 1. The number of hydrogen-bond acceptors (Lipinski definition) is 3. The van der Waals surface area contributed by atoms with Gasteiger partial charge in [0.2, 0.25) is 5.88 Å². The highest BCUT2D eigenvalue weighted by Gasteiger charge is 2.48. The Bertz CT molecular complexity index is 452. The maximum Gasteiger partial charge on any atom is 0.397 e. The van der Waals surface area contributed by atoms with Crippen LogP contribution < -0.4 is 4.74 Å². The molecule has 0 aliphatic heterocycles. The second kappa shape index (κ2) is 4.51. The lowest BCUT2D eigenvalue weighted by molar-refractivity contribution is -0.219.